The van der Waals surface area contributed by atoms with E-state index in [0.717, 1.165) is 11.3 Å². The molecule has 0 bridgehead atoms. The van der Waals surface area contributed by atoms with Crippen LogP contribution in [0.5, 0.6) is 0 Å². The van der Waals surface area contributed by atoms with E-state index in [1.54, 1.807) is 6.20 Å². The van der Waals surface area contributed by atoms with Crippen LogP contribution in [0.1, 0.15) is 32.0 Å². The molecular weight excluding hydrogens is 218 g/mol. The highest BCUT2D eigenvalue weighted by molar-refractivity contribution is 5.72. The molecule has 96 valence electrons. The fourth-order valence-electron chi connectivity index (χ4n) is 1.39. The van der Waals surface area contributed by atoms with Crippen molar-refractivity contribution in [1.29, 1.82) is 0 Å². The molecule has 0 aliphatic carbocycles. The Morgan fingerprint density at radius 3 is 2.65 bits per heavy atom. The first-order chi connectivity index (χ1) is 7.79. The molecule has 0 aliphatic rings. The van der Waals surface area contributed by atoms with E-state index in [2.05, 4.69) is 10.4 Å². The van der Waals surface area contributed by atoms with E-state index in [1.807, 2.05) is 39.4 Å². The highest BCUT2D eigenvalue weighted by Crippen LogP contribution is 2.07. The molecule has 5 heteroatoms. The summed E-state index contributed by atoms with van der Waals surface area (Å²) in [4.78, 5) is 11.4. The van der Waals surface area contributed by atoms with Crippen LogP contribution in [0.15, 0.2) is 6.20 Å². The van der Waals surface area contributed by atoms with Crippen LogP contribution >= 0.6 is 0 Å². The number of aryl methyl sites for hydroxylation is 1. The first-order valence-corrected chi connectivity index (χ1v) is 5.69. The van der Waals surface area contributed by atoms with Crippen molar-refractivity contribution in [3.63, 3.8) is 0 Å². The predicted molar refractivity (Wildman–Crippen MR) is 65.5 cm³/mol. The Labute approximate surface area is 102 Å². The quantitative estimate of drug-likeness (QED) is 0.801. The molecule has 17 heavy (non-hydrogen) atoms. The molecule has 1 N–H and O–H groups in total. The van der Waals surface area contributed by atoms with E-state index in [9.17, 15) is 4.79 Å². The highest BCUT2D eigenvalue weighted by atomic mass is 16.6. The van der Waals surface area contributed by atoms with E-state index in [1.165, 1.54) is 0 Å². The minimum absolute atomic E-state index is 0.214. The molecule has 0 spiro atoms. The van der Waals surface area contributed by atoms with Crippen LogP contribution in [-0.4, -0.2) is 27.9 Å². The summed E-state index contributed by atoms with van der Waals surface area (Å²) in [6, 6.07) is 0. The topological polar surface area (TPSA) is 56.1 Å². The van der Waals surface area contributed by atoms with Crippen LogP contribution in [-0.2, 0) is 23.1 Å². The first kappa shape index (κ1) is 13.7. The summed E-state index contributed by atoms with van der Waals surface area (Å²) in [5, 5.41) is 7.18. The first-order valence-electron chi connectivity index (χ1n) is 5.69. The zero-order valence-corrected chi connectivity index (χ0v) is 11.2. The van der Waals surface area contributed by atoms with Crippen molar-refractivity contribution in [2.75, 3.05) is 6.54 Å². The zero-order chi connectivity index (χ0) is 13.1. The molecule has 0 unspecified atom stereocenters. The zero-order valence-electron chi connectivity index (χ0n) is 11.2. The van der Waals surface area contributed by atoms with Crippen molar-refractivity contribution in [1.82, 2.24) is 15.1 Å². The van der Waals surface area contributed by atoms with Gasteiger partial charge in [-0.3, -0.25) is 9.48 Å². The third-order valence-corrected chi connectivity index (χ3v) is 2.34. The number of nitrogens with one attached hydrogen (secondary N) is 1. The maximum Gasteiger partial charge on any atom is 0.320 e. The van der Waals surface area contributed by atoms with Gasteiger partial charge in [-0.1, -0.05) is 0 Å². The van der Waals surface area contributed by atoms with Crippen molar-refractivity contribution in [3.8, 4) is 0 Å². The van der Waals surface area contributed by atoms with Crippen molar-refractivity contribution >= 4 is 5.97 Å². The molecule has 1 rings (SSSR count). The average Bonchev–Trinajstić information content (AvgIpc) is 2.46. The standard InChI is InChI=1S/C12H21N3O2/c1-9-10(7-14-15(9)5)6-13-8-11(16)17-12(2,3)4/h7,13H,6,8H2,1-5H3. The van der Waals surface area contributed by atoms with E-state index in [4.69, 9.17) is 4.74 Å². The maximum atomic E-state index is 11.4. The van der Waals surface area contributed by atoms with E-state index in [0.29, 0.717) is 6.54 Å². The number of carbonyl (C=O) groups is 1. The normalized spacial score (nSPS) is 11.6. The Hall–Kier alpha value is -1.36. The van der Waals surface area contributed by atoms with Crippen molar-refractivity contribution in [3.05, 3.63) is 17.5 Å². The largest absolute Gasteiger partial charge is 0.459 e. The second kappa shape index (κ2) is 5.31. The third kappa shape index (κ3) is 4.56. The molecule has 0 aromatic carbocycles. The number of hydrogen-bond donors (Lipinski definition) is 1. The van der Waals surface area contributed by atoms with E-state index >= 15 is 0 Å². The molecular formula is C12H21N3O2. The van der Waals surface area contributed by atoms with Gasteiger partial charge in [0.1, 0.15) is 5.60 Å². The molecule has 0 atom stereocenters. The van der Waals surface area contributed by atoms with Crippen molar-refractivity contribution in [2.45, 2.75) is 39.8 Å². The van der Waals surface area contributed by atoms with Gasteiger partial charge in [0, 0.05) is 24.8 Å². The van der Waals surface area contributed by atoms with Gasteiger partial charge in [0.25, 0.3) is 0 Å². The molecule has 1 aromatic heterocycles. The molecule has 1 heterocycles. The Morgan fingerprint density at radius 2 is 2.18 bits per heavy atom. The summed E-state index contributed by atoms with van der Waals surface area (Å²) in [5.74, 6) is -0.237. The lowest BCUT2D eigenvalue weighted by Crippen LogP contribution is -2.31. The second-order valence-electron chi connectivity index (χ2n) is 5.07. The summed E-state index contributed by atoms with van der Waals surface area (Å²) in [7, 11) is 1.90. The lowest BCUT2D eigenvalue weighted by atomic mass is 10.2. The maximum absolute atomic E-state index is 11.4. The number of hydrogen-bond acceptors (Lipinski definition) is 4. The van der Waals surface area contributed by atoms with Gasteiger partial charge in [0.05, 0.1) is 12.7 Å². The van der Waals surface area contributed by atoms with Gasteiger partial charge >= 0.3 is 5.97 Å². The van der Waals surface area contributed by atoms with Crippen LogP contribution in [0, 0.1) is 6.92 Å². The fourth-order valence-corrected chi connectivity index (χ4v) is 1.39. The molecule has 0 saturated heterocycles. The van der Waals surface area contributed by atoms with Crippen LogP contribution in [0.4, 0.5) is 0 Å². The molecule has 0 fully saturated rings. The van der Waals surface area contributed by atoms with Crippen molar-refractivity contribution in [2.24, 2.45) is 7.05 Å². The van der Waals surface area contributed by atoms with Crippen LogP contribution in [0.3, 0.4) is 0 Å². The van der Waals surface area contributed by atoms with Gasteiger partial charge in [0.2, 0.25) is 0 Å². The number of aromatic nitrogens is 2. The van der Waals surface area contributed by atoms with Gasteiger partial charge in [-0.25, -0.2) is 0 Å². The monoisotopic (exact) mass is 239 g/mol. The second-order valence-corrected chi connectivity index (χ2v) is 5.07. The SMILES string of the molecule is Cc1c(CNCC(=O)OC(C)(C)C)cnn1C. The highest BCUT2D eigenvalue weighted by Gasteiger charge is 2.15. The van der Waals surface area contributed by atoms with Gasteiger partial charge in [-0.15, -0.1) is 0 Å². The minimum Gasteiger partial charge on any atom is -0.459 e. The minimum atomic E-state index is -0.428. The summed E-state index contributed by atoms with van der Waals surface area (Å²) in [5.41, 5.74) is 1.76. The van der Waals surface area contributed by atoms with E-state index in [-0.39, 0.29) is 12.5 Å². The number of ether oxygens (including phenoxy) is 1. The summed E-state index contributed by atoms with van der Waals surface area (Å²) in [6.07, 6.45) is 1.80. The molecule has 0 amide bonds. The number of nitrogens with zero attached hydrogens (tertiary/aromatic N) is 2. The summed E-state index contributed by atoms with van der Waals surface area (Å²) in [6.45, 7) is 8.41. The molecule has 0 radical (unpaired) electrons. The van der Waals surface area contributed by atoms with Crippen molar-refractivity contribution < 1.29 is 9.53 Å². The molecule has 0 aliphatic heterocycles. The lowest BCUT2D eigenvalue weighted by molar-refractivity contribution is -0.153. The molecule has 1 aromatic rings. The van der Waals surface area contributed by atoms with Gasteiger partial charge < -0.3 is 10.1 Å². The predicted octanol–water partition coefficient (Wildman–Crippen LogP) is 1.16. The smallest absolute Gasteiger partial charge is 0.320 e. The average molecular weight is 239 g/mol. The Balaban J connectivity index is 2.34. The number of esters is 1. The van der Waals surface area contributed by atoms with Crippen LogP contribution < -0.4 is 5.32 Å². The molecule has 0 saturated carbocycles. The lowest BCUT2D eigenvalue weighted by Gasteiger charge is -2.19. The van der Waals surface area contributed by atoms with Crippen LogP contribution in [0.25, 0.3) is 0 Å². The third-order valence-electron chi connectivity index (χ3n) is 2.34. The Bertz CT molecular complexity index is 391. The van der Waals surface area contributed by atoms with Crippen LogP contribution in [0.2, 0.25) is 0 Å². The number of rotatable bonds is 4. The Kier molecular flexibility index (Phi) is 4.28. The summed E-state index contributed by atoms with van der Waals surface area (Å²) >= 11 is 0. The number of carbonyl (C=O) groups excluding carboxylic acids is 1. The van der Waals surface area contributed by atoms with Gasteiger partial charge in [-0.05, 0) is 27.7 Å². The Morgan fingerprint density at radius 1 is 1.53 bits per heavy atom. The molecule has 5 nitrogen and oxygen atoms in total. The van der Waals surface area contributed by atoms with Gasteiger partial charge in [0.15, 0.2) is 0 Å². The summed E-state index contributed by atoms with van der Waals surface area (Å²) < 4.78 is 7.00. The van der Waals surface area contributed by atoms with Gasteiger partial charge in [-0.2, -0.15) is 5.10 Å². The fraction of sp³-hybridized carbons (Fsp3) is 0.667. The van der Waals surface area contributed by atoms with E-state index < -0.39 is 5.60 Å².